The number of aromatic amines is 1. The van der Waals surface area contributed by atoms with Crippen molar-refractivity contribution in [2.45, 2.75) is 13.8 Å². The first-order valence-electron chi connectivity index (χ1n) is 7.43. The van der Waals surface area contributed by atoms with Crippen molar-refractivity contribution in [3.05, 3.63) is 73.7 Å². The van der Waals surface area contributed by atoms with Crippen LogP contribution in [-0.4, -0.2) is 21.0 Å². The van der Waals surface area contributed by atoms with Crippen LogP contribution in [0.2, 0.25) is 0 Å². The maximum Gasteiger partial charge on any atom is 0.276 e. The molecule has 126 valence electrons. The molecule has 0 aliphatic carbocycles. The Hall–Kier alpha value is -3.55. The van der Waals surface area contributed by atoms with Crippen LogP contribution < -0.4 is 10.9 Å². The number of carbonyl (C=O) groups is 1. The number of hydrogen-bond acceptors (Lipinski definition) is 5. The average Bonchev–Trinajstić information content (AvgIpc) is 2.57. The SMILES string of the molecule is Cc1cc(C)c([N+](=O)[O-])cc1NC(=O)c1n[nH]c(=O)c2ccccc12. The van der Waals surface area contributed by atoms with Crippen LogP contribution in [0.4, 0.5) is 11.4 Å². The van der Waals surface area contributed by atoms with E-state index in [1.807, 2.05) is 0 Å². The number of nitrogens with zero attached hydrogens (tertiary/aromatic N) is 2. The average molecular weight is 338 g/mol. The number of nitrogens with one attached hydrogen (secondary N) is 2. The van der Waals surface area contributed by atoms with Gasteiger partial charge in [0, 0.05) is 17.0 Å². The smallest absolute Gasteiger partial charge is 0.276 e. The van der Waals surface area contributed by atoms with Crippen LogP contribution in [-0.2, 0) is 0 Å². The number of hydrogen-bond donors (Lipinski definition) is 2. The number of nitro benzene ring substituents is 1. The van der Waals surface area contributed by atoms with Gasteiger partial charge in [0.25, 0.3) is 17.2 Å². The van der Waals surface area contributed by atoms with Crippen molar-refractivity contribution in [3.63, 3.8) is 0 Å². The monoisotopic (exact) mass is 338 g/mol. The van der Waals surface area contributed by atoms with Gasteiger partial charge in [-0.15, -0.1) is 0 Å². The molecule has 3 aromatic rings. The van der Waals surface area contributed by atoms with E-state index in [0.29, 0.717) is 27.6 Å². The Kier molecular flexibility index (Phi) is 4.02. The summed E-state index contributed by atoms with van der Waals surface area (Å²) in [6, 6.07) is 9.54. The van der Waals surface area contributed by atoms with E-state index >= 15 is 0 Å². The van der Waals surface area contributed by atoms with Crippen molar-refractivity contribution in [2.75, 3.05) is 5.32 Å². The van der Waals surface area contributed by atoms with Crippen molar-refractivity contribution in [1.82, 2.24) is 10.2 Å². The van der Waals surface area contributed by atoms with E-state index in [2.05, 4.69) is 15.5 Å². The molecule has 0 aliphatic rings. The Morgan fingerprint density at radius 2 is 1.84 bits per heavy atom. The molecule has 0 spiro atoms. The highest BCUT2D eigenvalue weighted by Gasteiger charge is 2.18. The summed E-state index contributed by atoms with van der Waals surface area (Å²) in [5.41, 5.74) is 1.07. The predicted octanol–water partition coefficient (Wildman–Crippen LogP) is 2.70. The molecule has 2 N–H and O–H groups in total. The molecular weight excluding hydrogens is 324 g/mol. The summed E-state index contributed by atoms with van der Waals surface area (Å²) < 4.78 is 0. The van der Waals surface area contributed by atoms with Gasteiger partial charge in [0.1, 0.15) is 0 Å². The predicted molar refractivity (Wildman–Crippen MR) is 92.9 cm³/mol. The topological polar surface area (TPSA) is 118 Å². The molecule has 0 unspecified atom stereocenters. The molecule has 0 radical (unpaired) electrons. The zero-order valence-electron chi connectivity index (χ0n) is 13.5. The second kappa shape index (κ2) is 6.16. The molecule has 8 nitrogen and oxygen atoms in total. The van der Waals surface area contributed by atoms with Crippen molar-refractivity contribution >= 4 is 28.1 Å². The summed E-state index contributed by atoms with van der Waals surface area (Å²) in [6.45, 7) is 3.37. The number of carbonyl (C=O) groups excluding carboxylic acids is 1. The Morgan fingerprint density at radius 3 is 2.52 bits per heavy atom. The number of benzene rings is 2. The fourth-order valence-corrected chi connectivity index (χ4v) is 2.64. The van der Waals surface area contributed by atoms with Gasteiger partial charge in [-0.3, -0.25) is 19.7 Å². The normalized spacial score (nSPS) is 10.6. The maximum atomic E-state index is 12.6. The lowest BCUT2D eigenvalue weighted by Gasteiger charge is -2.10. The minimum atomic E-state index is -0.561. The van der Waals surface area contributed by atoms with Crippen molar-refractivity contribution in [2.24, 2.45) is 0 Å². The van der Waals surface area contributed by atoms with Crippen LogP contribution in [0.25, 0.3) is 10.8 Å². The molecule has 0 atom stereocenters. The highest BCUT2D eigenvalue weighted by atomic mass is 16.6. The van der Waals surface area contributed by atoms with Gasteiger partial charge in [-0.2, -0.15) is 5.10 Å². The summed E-state index contributed by atoms with van der Waals surface area (Å²) in [5.74, 6) is -0.561. The molecule has 1 amide bonds. The maximum absolute atomic E-state index is 12.6. The van der Waals surface area contributed by atoms with Crippen LogP contribution in [0.3, 0.4) is 0 Å². The quantitative estimate of drug-likeness (QED) is 0.562. The summed E-state index contributed by atoms with van der Waals surface area (Å²) in [5, 5.41) is 20.6. The number of anilines is 1. The number of fused-ring (bicyclic) bond motifs is 1. The minimum absolute atomic E-state index is 0.0397. The van der Waals surface area contributed by atoms with E-state index in [1.54, 1.807) is 44.2 Å². The second-order valence-electron chi connectivity index (χ2n) is 5.61. The molecule has 25 heavy (non-hydrogen) atoms. The Bertz CT molecular complexity index is 1070. The molecule has 1 heterocycles. The fourth-order valence-electron chi connectivity index (χ4n) is 2.64. The Balaban J connectivity index is 2.05. The summed E-state index contributed by atoms with van der Waals surface area (Å²) in [4.78, 5) is 35.0. The molecular formula is C17H14N4O4. The van der Waals surface area contributed by atoms with Crippen LogP contribution in [0.15, 0.2) is 41.2 Å². The summed E-state index contributed by atoms with van der Waals surface area (Å²) in [6.07, 6.45) is 0. The molecule has 8 heteroatoms. The third-order valence-corrected chi connectivity index (χ3v) is 3.90. The van der Waals surface area contributed by atoms with E-state index in [4.69, 9.17) is 0 Å². The van der Waals surface area contributed by atoms with Crippen LogP contribution >= 0.6 is 0 Å². The van der Waals surface area contributed by atoms with Gasteiger partial charge in [0.15, 0.2) is 5.69 Å². The molecule has 0 bridgehead atoms. The number of aromatic nitrogens is 2. The number of nitro groups is 1. The highest BCUT2D eigenvalue weighted by Crippen LogP contribution is 2.27. The van der Waals surface area contributed by atoms with E-state index < -0.39 is 16.4 Å². The minimum Gasteiger partial charge on any atom is -0.320 e. The lowest BCUT2D eigenvalue weighted by Crippen LogP contribution is -2.19. The van der Waals surface area contributed by atoms with Gasteiger partial charge in [-0.25, -0.2) is 5.10 Å². The molecule has 0 saturated heterocycles. The zero-order chi connectivity index (χ0) is 18.1. The van der Waals surface area contributed by atoms with Gasteiger partial charge >= 0.3 is 0 Å². The lowest BCUT2D eigenvalue weighted by atomic mass is 10.1. The van der Waals surface area contributed by atoms with Crippen molar-refractivity contribution in [1.29, 1.82) is 0 Å². The largest absolute Gasteiger partial charge is 0.320 e. The third kappa shape index (κ3) is 2.97. The Morgan fingerprint density at radius 1 is 1.16 bits per heavy atom. The molecule has 0 fully saturated rings. The summed E-state index contributed by atoms with van der Waals surface area (Å²) in [7, 11) is 0. The van der Waals surface area contributed by atoms with E-state index in [9.17, 15) is 19.7 Å². The molecule has 3 rings (SSSR count). The van der Waals surface area contributed by atoms with Crippen LogP contribution in [0.5, 0.6) is 0 Å². The van der Waals surface area contributed by atoms with Crippen molar-refractivity contribution < 1.29 is 9.72 Å². The van der Waals surface area contributed by atoms with Gasteiger partial charge in [-0.1, -0.05) is 18.2 Å². The van der Waals surface area contributed by atoms with E-state index in [-0.39, 0.29) is 11.4 Å². The molecule has 0 saturated carbocycles. The molecule has 0 aliphatic heterocycles. The lowest BCUT2D eigenvalue weighted by molar-refractivity contribution is -0.385. The van der Waals surface area contributed by atoms with Crippen LogP contribution in [0, 0.1) is 24.0 Å². The number of rotatable bonds is 3. The van der Waals surface area contributed by atoms with Gasteiger partial charge in [0.2, 0.25) is 0 Å². The fraction of sp³-hybridized carbons (Fsp3) is 0.118. The standard InChI is InChI=1S/C17H14N4O4/c1-9-7-10(2)14(21(24)25)8-13(9)18-17(23)15-11-5-3-4-6-12(11)16(22)20-19-15/h3-8H,1-2H3,(H,18,23)(H,20,22). The van der Waals surface area contributed by atoms with Gasteiger partial charge < -0.3 is 5.32 Å². The zero-order valence-corrected chi connectivity index (χ0v) is 13.5. The molecule has 1 aromatic heterocycles. The highest BCUT2D eigenvalue weighted by molar-refractivity contribution is 6.11. The van der Waals surface area contributed by atoms with Gasteiger partial charge in [-0.05, 0) is 31.5 Å². The second-order valence-corrected chi connectivity index (χ2v) is 5.61. The van der Waals surface area contributed by atoms with E-state index in [0.717, 1.165) is 0 Å². The Labute approximate surface area is 141 Å². The van der Waals surface area contributed by atoms with Gasteiger partial charge in [0.05, 0.1) is 16.0 Å². The number of amides is 1. The first-order chi connectivity index (χ1) is 11.9. The van der Waals surface area contributed by atoms with Crippen molar-refractivity contribution in [3.8, 4) is 0 Å². The first-order valence-corrected chi connectivity index (χ1v) is 7.43. The number of H-pyrrole nitrogens is 1. The van der Waals surface area contributed by atoms with E-state index in [1.165, 1.54) is 6.07 Å². The molecule has 2 aromatic carbocycles. The number of aryl methyl sites for hydroxylation is 2. The van der Waals surface area contributed by atoms with Crippen LogP contribution in [0.1, 0.15) is 21.6 Å². The third-order valence-electron chi connectivity index (χ3n) is 3.90. The summed E-state index contributed by atoms with van der Waals surface area (Å²) >= 11 is 0. The first kappa shape index (κ1) is 16.3.